The van der Waals surface area contributed by atoms with Crippen LogP contribution in [0.25, 0.3) is 5.69 Å². The number of hydrogen-bond donors (Lipinski definition) is 2. The van der Waals surface area contributed by atoms with Crippen molar-refractivity contribution in [3.8, 4) is 5.69 Å². The molecule has 0 bridgehead atoms. The maximum Gasteiger partial charge on any atom is 0.418 e. The van der Waals surface area contributed by atoms with Crippen LogP contribution >= 0.6 is 0 Å². The summed E-state index contributed by atoms with van der Waals surface area (Å²) in [5.41, 5.74) is 1.76. The average molecular weight is 443 g/mol. The molecule has 1 aliphatic heterocycles. The molecule has 4 rings (SSSR count). The number of aromatic nitrogens is 2. The lowest BCUT2D eigenvalue weighted by Gasteiger charge is -2.21. The van der Waals surface area contributed by atoms with E-state index in [9.17, 15) is 23.1 Å². The van der Waals surface area contributed by atoms with Gasteiger partial charge in [-0.05, 0) is 29.8 Å². The second-order valence-corrected chi connectivity index (χ2v) is 7.56. The van der Waals surface area contributed by atoms with Gasteiger partial charge in [-0.1, -0.05) is 12.1 Å². The summed E-state index contributed by atoms with van der Waals surface area (Å²) in [6.45, 7) is -0.141. The number of amides is 1. The van der Waals surface area contributed by atoms with Crippen molar-refractivity contribution in [3.05, 3.63) is 65.5 Å². The standard InChI is InChI=1S/C22H20F3N5O2/c1-29(2)20-8-19-18(7-16(20)22(23,24)25)28-21(32)9-17(27-19)14-4-3-5-15(6-14)30-11-13(12-31)10-26-30/h3-8,10-11,31H,9,12H2,1-2H3,(H,28,32). The van der Waals surface area contributed by atoms with Crippen molar-refractivity contribution in [1.82, 2.24) is 9.78 Å². The van der Waals surface area contributed by atoms with E-state index in [0.29, 0.717) is 22.5 Å². The Hall–Kier alpha value is -3.66. The Morgan fingerprint density at radius 1 is 1.22 bits per heavy atom. The van der Waals surface area contributed by atoms with E-state index in [4.69, 9.17) is 0 Å². The van der Waals surface area contributed by atoms with Gasteiger partial charge >= 0.3 is 6.18 Å². The van der Waals surface area contributed by atoms with Gasteiger partial charge in [-0.2, -0.15) is 18.3 Å². The number of benzene rings is 2. The Morgan fingerprint density at radius 2 is 2.00 bits per heavy atom. The second kappa shape index (κ2) is 8.12. The number of halogens is 3. The molecule has 0 radical (unpaired) electrons. The molecular weight excluding hydrogens is 423 g/mol. The molecule has 0 fully saturated rings. The molecule has 10 heteroatoms. The number of aliphatic imine (C=N–C) groups is 1. The molecule has 0 saturated carbocycles. The maximum atomic E-state index is 13.6. The molecule has 1 amide bonds. The zero-order chi connectivity index (χ0) is 23.0. The highest BCUT2D eigenvalue weighted by Gasteiger charge is 2.36. The molecule has 3 aromatic rings. The van der Waals surface area contributed by atoms with Crippen LogP contribution in [0.3, 0.4) is 0 Å². The highest BCUT2D eigenvalue weighted by Crippen LogP contribution is 2.42. The molecule has 0 atom stereocenters. The van der Waals surface area contributed by atoms with Crippen LogP contribution in [-0.4, -0.2) is 40.6 Å². The van der Waals surface area contributed by atoms with Gasteiger partial charge in [0.15, 0.2) is 0 Å². The van der Waals surface area contributed by atoms with Gasteiger partial charge in [0.05, 0.1) is 53.2 Å². The first-order valence-electron chi connectivity index (χ1n) is 9.71. The third-order valence-electron chi connectivity index (χ3n) is 5.02. The van der Waals surface area contributed by atoms with Gasteiger partial charge in [-0.3, -0.25) is 9.79 Å². The summed E-state index contributed by atoms with van der Waals surface area (Å²) in [6.07, 6.45) is -1.46. The lowest BCUT2D eigenvalue weighted by Crippen LogP contribution is -2.18. The Labute approximate surface area is 181 Å². The van der Waals surface area contributed by atoms with Gasteiger partial charge in [0.2, 0.25) is 5.91 Å². The quantitative estimate of drug-likeness (QED) is 0.641. The fourth-order valence-electron chi connectivity index (χ4n) is 3.48. The predicted octanol–water partition coefficient (Wildman–Crippen LogP) is 3.91. The van der Waals surface area contributed by atoms with Crippen LogP contribution in [0.1, 0.15) is 23.1 Å². The van der Waals surface area contributed by atoms with E-state index in [0.717, 1.165) is 6.07 Å². The van der Waals surface area contributed by atoms with Crippen LogP contribution < -0.4 is 10.2 Å². The number of fused-ring (bicyclic) bond motifs is 1. The summed E-state index contributed by atoms with van der Waals surface area (Å²) >= 11 is 0. The molecule has 32 heavy (non-hydrogen) atoms. The number of aliphatic hydroxyl groups excluding tert-OH is 1. The molecule has 1 aliphatic rings. The SMILES string of the molecule is CN(C)c1cc2c(cc1C(F)(F)F)NC(=O)CC(c1cccc(-n3cc(CO)cn3)c1)=N2. The molecule has 1 aromatic heterocycles. The molecule has 2 heterocycles. The van der Waals surface area contributed by atoms with Crippen LogP contribution in [0.4, 0.5) is 30.2 Å². The minimum atomic E-state index is -4.58. The highest BCUT2D eigenvalue weighted by atomic mass is 19.4. The third-order valence-corrected chi connectivity index (χ3v) is 5.02. The molecule has 166 valence electrons. The topological polar surface area (TPSA) is 82.8 Å². The molecular formula is C22H20F3N5O2. The van der Waals surface area contributed by atoms with E-state index >= 15 is 0 Å². The van der Waals surface area contributed by atoms with Gasteiger partial charge in [-0.15, -0.1) is 0 Å². The Kier molecular flexibility index (Phi) is 5.47. The van der Waals surface area contributed by atoms with Crippen molar-refractivity contribution >= 4 is 28.7 Å². The molecule has 2 N–H and O–H groups in total. The van der Waals surface area contributed by atoms with Gasteiger partial charge < -0.3 is 15.3 Å². The summed E-state index contributed by atoms with van der Waals surface area (Å²) in [4.78, 5) is 18.4. The van der Waals surface area contributed by atoms with Crippen molar-refractivity contribution in [2.24, 2.45) is 4.99 Å². The number of alkyl halides is 3. The summed E-state index contributed by atoms with van der Waals surface area (Å²) in [6, 6.07) is 9.38. The van der Waals surface area contributed by atoms with E-state index in [-0.39, 0.29) is 30.1 Å². The average Bonchev–Trinajstić information content (AvgIpc) is 3.16. The van der Waals surface area contributed by atoms with Crippen molar-refractivity contribution in [1.29, 1.82) is 0 Å². The first-order valence-corrected chi connectivity index (χ1v) is 9.71. The number of carbonyl (C=O) groups is 1. The van der Waals surface area contributed by atoms with Gasteiger partial charge in [0, 0.05) is 25.9 Å². The summed E-state index contributed by atoms with van der Waals surface area (Å²) in [7, 11) is 3.04. The normalized spacial score (nSPS) is 13.8. The molecule has 0 spiro atoms. The van der Waals surface area contributed by atoms with Crippen molar-refractivity contribution in [3.63, 3.8) is 0 Å². The smallest absolute Gasteiger partial charge is 0.392 e. The van der Waals surface area contributed by atoms with Crippen LogP contribution in [0.5, 0.6) is 0 Å². The van der Waals surface area contributed by atoms with Crippen LogP contribution in [-0.2, 0) is 17.6 Å². The number of nitrogens with zero attached hydrogens (tertiary/aromatic N) is 4. The lowest BCUT2D eigenvalue weighted by atomic mass is 10.1. The number of nitrogens with one attached hydrogen (secondary N) is 1. The van der Waals surface area contributed by atoms with E-state index < -0.39 is 17.6 Å². The van der Waals surface area contributed by atoms with Crippen LogP contribution in [0.2, 0.25) is 0 Å². The van der Waals surface area contributed by atoms with E-state index in [1.165, 1.54) is 25.1 Å². The second-order valence-electron chi connectivity index (χ2n) is 7.56. The molecule has 7 nitrogen and oxygen atoms in total. The molecule has 0 unspecified atom stereocenters. The summed E-state index contributed by atoms with van der Waals surface area (Å²) in [5, 5.41) is 16.0. The van der Waals surface area contributed by atoms with Gasteiger partial charge in [-0.25, -0.2) is 4.68 Å². The number of anilines is 2. The maximum absolute atomic E-state index is 13.6. The molecule has 0 saturated heterocycles. The van der Waals surface area contributed by atoms with Gasteiger partial charge in [0.25, 0.3) is 0 Å². The van der Waals surface area contributed by atoms with Crippen molar-refractivity contribution < 1.29 is 23.1 Å². The first-order chi connectivity index (χ1) is 15.2. The Balaban J connectivity index is 1.81. The fraction of sp³-hybridized carbons (Fsp3) is 0.227. The number of carbonyl (C=O) groups excluding carboxylic acids is 1. The number of rotatable bonds is 4. The number of hydrogen-bond acceptors (Lipinski definition) is 5. The summed E-state index contributed by atoms with van der Waals surface area (Å²) < 4.78 is 42.2. The Bertz CT molecular complexity index is 1210. The number of aliphatic hydroxyl groups is 1. The first kappa shape index (κ1) is 21.6. The molecule has 2 aromatic carbocycles. The van der Waals surface area contributed by atoms with E-state index in [1.807, 2.05) is 6.07 Å². The zero-order valence-corrected chi connectivity index (χ0v) is 17.3. The van der Waals surface area contributed by atoms with E-state index in [2.05, 4.69) is 15.4 Å². The monoisotopic (exact) mass is 443 g/mol. The minimum absolute atomic E-state index is 0.0127. The van der Waals surface area contributed by atoms with E-state index in [1.54, 1.807) is 35.3 Å². The van der Waals surface area contributed by atoms with Crippen LogP contribution in [0.15, 0.2) is 53.8 Å². The van der Waals surface area contributed by atoms with Crippen molar-refractivity contribution in [2.45, 2.75) is 19.2 Å². The Morgan fingerprint density at radius 3 is 2.66 bits per heavy atom. The predicted molar refractivity (Wildman–Crippen MR) is 115 cm³/mol. The highest BCUT2D eigenvalue weighted by molar-refractivity contribution is 6.17. The zero-order valence-electron chi connectivity index (χ0n) is 17.3. The fourth-order valence-corrected chi connectivity index (χ4v) is 3.48. The molecule has 0 aliphatic carbocycles. The minimum Gasteiger partial charge on any atom is -0.392 e. The lowest BCUT2D eigenvalue weighted by molar-refractivity contribution is -0.137. The van der Waals surface area contributed by atoms with Gasteiger partial charge in [0.1, 0.15) is 0 Å². The summed E-state index contributed by atoms with van der Waals surface area (Å²) in [5.74, 6) is -0.458. The largest absolute Gasteiger partial charge is 0.418 e. The third kappa shape index (κ3) is 4.22. The van der Waals surface area contributed by atoms with Crippen molar-refractivity contribution in [2.75, 3.05) is 24.3 Å². The van der Waals surface area contributed by atoms with Crippen LogP contribution in [0, 0.1) is 0 Å².